The van der Waals surface area contributed by atoms with Crippen LogP contribution in [0.5, 0.6) is 0 Å². The van der Waals surface area contributed by atoms with E-state index in [9.17, 15) is 4.79 Å². The number of nitrogens with one attached hydrogen (secondary N) is 1. The van der Waals surface area contributed by atoms with Gasteiger partial charge in [-0.1, -0.05) is 0 Å². The zero-order chi connectivity index (χ0) is 12.7. The van der Waals surface area contributed by atoms with E-state index in [-0.39, 0.29) is 11.6 Å². The highest BCUT2D eigenvalue weighted by molar-refractivity contribution is 5.70. The fourth-order valence-corrected chi connectivity index (χ4v) is 1.86. The van der Waals surface area contributed by atoms with Crippen molar-refractivity contribution in [1.29, 1.82) is 0 Å². The van der Waals surface area contributed by atoms with Crippen LogP contribution >= 0.6 is 0 Å². The molecule has 0 aromatic carbocycles. The Morgan fingerprint density at radius 2 is 2.24 bits per heavy atom. The molecule has 0 aromatic rings. The number of hydrogen-bond acceptors (Lipinski definition) is 4. The van der Waals surface area contributed by atoms with Gasteiger partial charge in [-0.25, -0.2) is 0 Å². The van der Waals surface area contributed by atoms with Crippen molar-refractivity contribution in [1.82, 2.24) is 5.32 Å². The van der Waals surface area contributed by atoms with Gasteiger partial charge in [-0.3, -0.25) is 4.79 Å². The van der Waals surface area contributed by atoms with Crippen LogP contribution in [0.4, 0.5) is 0 Å². The molecule has 4 nitrogen and oxygen atoms in total. The number of carbonyl (C=O) groups excluding carboxylic acids is 1. The lowest BCUT2D eigenvalue weighted by atomic mass is 10.0. The Bertz CT molecular complexity index is 229. The van der Waals surface area contributed by atoms with Gasteiger partial charge in [0.1, 0.15) is 5.60 Å². The lowest BCUT2D eigenvalue weighted by Crippen LogP contribution is -2.31. The first kappa shape index (κ1) is 14.5. The smallest absolute Gasteiger partial charge is 0.307 e. The highest BCUT2D eigenvalue weighted by atomic mass is 16.6. The molecule has 4 heteroatoms. The van der Waals surface area contributed by atoms with E-state index in [0.717, 1.165) is 26.2 Å². The standard InChI is InChI=1S/C13H25NO3/c1-13(2,3)17-12(15)6-7-14-9-11-5-4-8-16-10-11/h11,14H,4-10H2,1-3H3. The average Bonchev–Trinajstić information content (AvgIpc) is 2.23. The molecule has 1 N–H and O–H groups in total. The topological polar surface area (TPSA) is 47.6 Å². The van der Waals surface area contributed by atoms with Crippen molar-refractivity contribution in [2.24, 2.45) is 5.92 Å². The first-order chi connectivity index (χ1) is 7.97. The molecule has 100 valence electrons. The molecule has 0 saturated carbocycles. The minimum absolute atomic E-state index is 0.134. The van der Waals surface area contributed by atoms with Crippen LogP contribution in [-0.2, 0) is 14.3 Å². The van der Waals surface area contributed by atoms with Crippen LogP contribution in [-0.4, -0.2) is 37.9 Å². The average molecular weight is 243 g/mol. The third-order valence-electron chi connectivity index (χ3n) is 2.61. The van der Waals surface area contributed by atoms with Gasteiger partial charge < -0.3 is 14.8 Å². The van der Waals surface area contributed by atoms with E-state index in [0.29, 0.717) is 18.9 Å². The normalized spacial score (nSPS) is 21.2. The van der Waals surface area contributed by atoms with Crippen LogP contribution in [0.25, 0.3) is 0 Å². The van der Waals surface area contributed by atoms with Crippen molar-refractivity contribution in [2.45, 2.75) is 45.6 Å². The van der Waals surface area contributed by atoms with E-state index < -0.39 is 0 Å². The van der Waals surface area contributed by atoms with Crippen LogP contribution in [0, 0.1) is 5.92 Å². The quantitative estimate of drug-likeness (QED) is 0.590. The van der Waals surface area contributed by atoms with E-state index in [1.54, 1.807) is 0 Å². The maximum Gasteiger partial charge on any atom is 0.307 e. The molecule has 1 aliphatic heterocycles. The monoisotopic (exact) mass is 243 g/mol. The molecule has 1 unspecified atom stereocenters. The predicted molar refractivity (Wildman–Crippen MR) is 66.9 cm³/mol. The molecule has 0 radical (unpaired) electrons. The van der Waals surface area contributed by atoms with Gasteiger partial charge in [0.25, 0.3) is 0 Å². The summed E-state index contributed by atoms with van der Waals surface area (Å²) in [5, 5.41) is 3.29. The third-order valence-corrected chi connectivity index (χ3v) is 2.61. The summed E-state index contributed by atoms with van der Waals surface area (Å²) in [4.78, 5) is 11.4. The summed E-state index contributed by atoms with van der Waals surface area (Å²) in [6.07, 6.45) is 2.81. The van der Waals surface area contributed by atoms with Gasteiger partial charge in [-0.05, 0) is 39.5 Å². The summed E-state index contributed by atoms with van der Waals surface area (Å²) in [5.41, 5.74) is -0.381. The van der Waals surface area contributed by atoms with E-state index in [4.69, 9.17) is 9.47 Å². The summed E-state index contributed by atoms with van der Waals surface area (Å²) >= 11 is 0. The van der Waals surface area contributed by atoms with Crippen molar-refractivity contribution < 1.29 is 14.3 Å². The van der Waals surface area contributed by atoms with E-state index in [1.165, 1.54) is 6.42 Å². The molecule has 17 heavy (non-hydrogen) atoms. The lowest BCUT2D eigenvalue weighted by molar-refractivity contribution is -0.154. The van der Waals surface area contributed by atoms with Crippen molar-refractivity contribution >= 4 is 5.97 Å². The molecular weight excluding hydrogens is 218 g/mol. The van der Waals surface area contributed by atoms with Gasteiger partial charge in [0.15, 0.2) is 0 Å². The minimum Gasteiger partial charge on any atom is -0.460 e. The van der Waals surface area contributed by atoms with E-state index in [1.807, 2.05) is 20.8 Å². The maximum absolute atomic E-state index is 11.4. The predicted octanol–water partition coefficient (Wildman–Crippen LogP) is 1.73. The van der Waals surface area contributed by atoms with Crippen LogP contribution in [0.3, 0.4) is 0 Å². The van der Waals surface area contributed by atoms with Crippen molar-refractivity contribution in [3.8, 4) is 0 Å². The molecule has 0 aromatic heterocycles. The van der Waals surface area contributed by atoms with E-state index >= 15 is 0 Å². The van der Waals surface area contributed by atoms with Crippen molar-refractivity contribution in [3.63, 3.8) is 0 Å². The molecular formula is C13H25NO3. The lowest BCUT2D eigenvalue weighted by Gasteiger charge is -2.22. The molecule has 1 atom stereocenters. The summed E-state index contributed by atoms with van der Waals surface area (Å²) in [6.45, 7) is 9.02. The Balaban J connectivity index is 2.01. The second kappa shape index (κ2) is 6.97. The van der Waals surface area contributed by atoms with Gasteiger partial charge in [0.2, 0.25) is 0 Å². The minimum atomic E-state index is -0.381. The molecule has 0 spiro atoms. The van der Waals surface area contributed by atoms with Gasteiger partial charge in [-0.15, -0.1) is 0 Å². The number of carbonyl (C=O) groups is 1. The van der Waals surface area contributed by atoms with Crippen molar-refractivity contribution in [2.75, 3.05) is 26.3 Å². The summed E-state index contributed by atoms with van der Waals surface area (Å²) < 4.78 is 10.6. The second-order valence-electron chi connectivity index (χ2n) is 5.62. The second-order valence-corrected chi connectivity index (χ2v) is 5.62. The number of esters is 1. The van der Waals surface area contributed by atoms with Crippen LogP contribution in [0.1, 0.15) is 40.0 Å². The molecule has 1 fully saturated rings. The Hall–Kier alpha value is -0.610. The number of rotatable bonds is 5. The van der Waals surface area contributed by atoms with Crippen LogP contribution in [0.2, 0.25) is 0 Å². The largest absolute Gasteiger partial charge is 0.460 e. The van der Waals surface area contributed by atoms with Gasteiger partial charge >= 0.3 is 5.97 Å². The fourth-order valence-electron chi connectivity index (χ4n) is 1.86. The molecule has 1 rings (SSSR count). The Morgan fingerprint density at radius 3 is 2.82 bits per heavy atom. The molecule has 0 aliphatic carbocycles. The SMILES string of the molecule is CC(C)(C)OC(=O)CCNCC1CCCOC1. The van der Waals surface area contributed by atoms with E-state index in [2.05, 4.69) is 5.32 Å². The Kier molecular flexibility index (Phi) is 5.92. The summed E-state index contributed by atoms with van der Waals surface area (Å²) in [7, 11) is 0. The Morgan fingerprint density at radius 1 is 1.47 bits per heavy atom. The van der Waals surface area contributed by atoms with Crippen molar-refractivity contribution in [3.05, 3.63) is 0 Å². The Labute approximate surface area is 104 Å². The highest BCUT2D eigenvalue weighted by Crippen LogP contribution is 2.12. The molecule has 0 bridgehead atoms. The number of hydrogen-bond donors (Lipinski definition) is 1. The zero-order valence-corrected chi connectivity index (χ0v) is 11.3. The van der Waals surface area contributed by atoms with Gasteiger partial charge in [-0.2, -0.15) is 0 Å². The molecule has 1 saturated heterocycles. The maximum atomic E-state index is 11.4. The first-order valence-electron chi connectivity index (χ1n) is 6.48. The molecule has 0 amide bonds. The zero-order valence-electron chi connectivity index (χ0n) is 11.3. The van der Waals surface area contributed by atoms with Gasteiger partial charge in [0, 0.05) is 19.7 Å². The summed E-state index contributed by atoms with van der Waals surface area (Å²) in [6, 6.07) is 0. The summed E-state index contributed by atoms with van der Waals surface area (Å²) in [5.74, 6) is 0.465. The first-order valence-corrected chi connectivity index (χ1v) is 6.48. The number of ether oxygens (including phenoxy) is 2. The van der Waals surface area contributed by atoms with Gasteiger partial charge in [0.05, 0.1) is 13.0 Å². The van der Waals surface area contributed by atoms with Crippen LogP contribution in [0.15, 0.2) is 0 Å². The highest BCUT2D eigenvalue weighted by Gasteiger charge is 2.16. The van der Waals surface area contributed by atoms with Crippen LogP contribution < -0.4 is 5.32 Å². The fraction of sp³-hybridized carbons (Fsp3) is 0.923. The molecule has 1 aliphatic rings. The third kappa shape index (κ3) is 7.34. The molecule has 1 heterocycles.